The van der Waals surface area contributed by atoms with E-state index >= 15 is 0 Å². The van der Waals surface area contributed by atoms with E-state index in [1.807, 2.05) is 0 Å². The molecule has 3 heteroatoms. The fourth-order valence-corrected chi connectivity index (χ4v) is 2.91. The quantitative estimate of drug-likeness (QED) is 0.664. The van der Waals surface area contributed by atoms with E-state index in [9.17, 15) is 10.2 Å². The van der Waals surface area contributed by atoms with E-state index in [2.05, 4.69) is 4.90 Å². The van der Waals surface area contributed by atoms with Gasteiger partial charge in [-0.05, 0) is 39.0 Å². The number of rotatable bonds is 1. The number of nitrogens with zero attached hydrogens (tertiary/aromatic N) is 1. The van der Waals surface area contributed by atoms with Crippen LogP contribution in [0.15, 0.2) is 0 Å². The van der Waals surface area contributed by atoms with Crippen LogP contribution in [0.3, 0.4) is 0 Å². The maximum atomic E-state index is 10.5. The molecule has 1 saturated heterocycles. The Morgan fingerprint density at radius 1 is 0.929 bits per heavy atom. The summed E-state index contributed by atoms with van der Waals surface area (Å²) in [6.45, 7) is 3.65. The molecule has 1 heterocycles. The minimum absolute atomic E-state index is 0.722. The smallest absolute Gasteiger partial charge is 0.147 e. The molecule has 14 heavy (non-hydrogen) atoms. The minimum Gasteiger partial charge on any atom is -0.386 e. The molecule has 1 saturated carbocycles. The summed E-state index contributed by atoms with van der Waals surface area (Å²) in [5.74, 6) is 0. The van der Waals surface area contributed by atoms with E-state index in [1.54, 1.807) is 6.92 Å². The van der Waals surface area contributed by atoms with Crippen LogP contribution in [0.2, 0.25) is 0 Å². The Labute approximate surface area is 85.7 Å². The van der Waals surface area contributed by atoms with E-state index < -0.39 is 11.3 Å². The molecular weight excluding hydrogens is 178 g/mol. The van der Waals surface area contributed by atoms with Crippen LogP contribution in [-0.2, 0) is 0 Å². The first-order valence-electron chi connectivity index (χ1n) is 5.76. The molecule has 2 aliphatic rings. The molecule has 2 N–H and O–H groups in total. The van der Waals surface area contributed by atoms with Crippen LogP contribution in [-0.4, -0.2) is 39.5 Å². The first-order chi connectivity index (χ1) is 6.56. The molecule has 0 bridgehead atoms. The third-order valence-corrected chi connectivity index (χ3v) is 3.93. The highest BCUT2D eigenvalue weighted by Gasteiger charge is 2.53. The van der Waals surface area contributed by atoms with Crippen molar-refractivity contribution in [2.45, 2.75) is 56.8 Å². The number of piperidine rings is 1. The number of hydrogen-bond acceptors (Lipinski definition) is 3. The summed E-state index contributed by atoms with van der Waals surface area (Å²) in [4.78, 5) is 2.09. The van der Waals surface area contributed by atoms with Crippen molar-refractivity contribution in [2.75, 3.05) is 13.1 Å². The summed E-state index contributed by atoms with van der Waals surface area (Å²) < 4.78 is 0. The highest BCUT2D eigenvalue weighted by atomic mass is 16.4. The van der Waals surface area contributed by atoms with Crippen molar-refractivity contribution in [3.63, 3.8) is 0 Å². The van der Waals surface area contributed by atoms with E-state index in [1.165, 1.54) is 6.42 Å². The second kappa shape index (κ2) is 3.47. The van der Waals surface area contributed by atoms with Gasteiger partial charge in [-0.2, -0.15) is 0 Å². The molecule has 0 aromatic heterocycles. The lowest BCUT2D eigenvalue weighted by atomic mass is 9.92. The topological polar surface area (TPSA) is 43.7 Å². The Morgan fingerprint density at radius 2 is 1.57 bits per heavy atom. The molecule has 1 aliphatic heterocycles. The first-order valence-corrected chi connectivity index (χ1v) is 5.76. The molecular formula is C11H21NO2. The van der Waals surface area contributed by atoms with Gasteiger partial charge < -0.3 is 10.2 Å². The van der Waals surface area contributed by atoms with Gasteiger partial charge in [-0.15, -0.1) is 0 Å². The van der Waals surface area contributed by atoms with Gasteiger partial charge >= 0.3 is 0 Å². The molecule has 0 amide bonds. The van der Waals surface area contributed by atoms with Gasteiger partial charge in [0.05, 0.1) is 0 Å². The van der Waals surface area contributed by atoms with Crippen molar-refractivity contribution >= 4 is 0 Å². The summed E-state index contributed by atoms with van der Waals surface area (Å²) in [6.07, 6.45) is 5.94. The van der Waals surface area contributed by atoms with Crippen molar-refractivity contribution in [1.29, 1.82) is 0 Å². The van der Waals surface area contributed by atoms with Crippen molar-refractivity contribution in [1.82, 2.24) is 4.90 Å². The van der Waals surface area contributed by atoms with Gasteiger partial charge in [-0.3, -0.25) is 4.90 Å². The van der Waals surface area contributed by atoms with Crippen molar-refractivity contribution in [3.8, 4) is 0 Å². The minimum atomic E-state index is -0.951. The Bertz CT molecular complexity index is 211. The standard InChI is InChI=1S/C11H21NO2/c1-10(13)6-5-7-11(10,14)12-8-3-2-4-9-12/h13-14H,2-9H2,1H3. The zero-order valence-corrected chi connectivity index (χ0v) is 9.00. The van der Waals surface area contributed by atoms with Crippen LogP contribution < -0.4 is 0 Å². The molecule has 0 radical (unpaired) electrons. The van der Waals surface area contributed by atoms with Crippen LogP contribution in [0, 0.1) is 0 Å². The lowest BCUT2D eigenvalue weighted by Gasteiger charge is -2.46. The van der Waals surface area contributed by atoms with Gasteiger partial charge in [-0.1, -0.05) is 6.42 Å². The largest absolute Gasteiger partial charge is 0.386 e. The zero-order chi connectivity index (χ0) is 10.2. The third kappa shape index (κ3) is 1.47. The summed E-state index contributed by atoms with van der Waals surface area (Å²) >= 11 is 0. The number of hydrogen-bond donors (Lipinski definition) is 2. The Kier molecular flexibility index (Phi) is 2.58. The molecule has 2 atom stereocenters. The lowest BCUT2D eigenvalue weighted by Crippen LogP contribution is -2.61. The monoisotopic (exact) mass is 199 g/mol. The molecule has 2 rings (SSSR count). The average Bonchev–Trinajstić information content (AvgIpc) is 2.44. The summed E-state index contributed by atoms with van der Waals surface area (Å²) in [5.41, 5.74) is -1.86. The fraction of sp³-hybridized carbons (Fsp3) is 1.00. The predicted octanol–water partition coefficient (Wildman–Crippen LogP) is 1.10. The second-order valence-corrected chi connectivity index (χ2v) is 4.99. The lowest BCUT2D eigenvalue weighted by molar-refractivity contribution is -0.213. The Morgan fingerprint density at radius 3 is 2.07 bits per heavy atom. The van der Waals surface area contributed by atoms with Crippen molar-refractivity contribution in [2.24, 2.45) is 0 Å². The van der Waals surface area contributed by atoms with E-state index in [0.717, 1.165) is 45.2 Å². The second-order valence-electron chi connectivity index (χ2n) is 4.99. The Hall–Kier alpha value is -0.120. The van der Waals surface area contributed by atoms with Gasteiger partial charge in [0.2, 0.25) is 0 Å². The maximum absolute atomic E-state index is 10.5. The summed E-state index contributed by atoms with van der Waals surface area (Å²) in [7, 11) is 0. The van der Waals surface area contributed by atoms with E-state index in [0.29, 0.717) is 0 Å². The summed E-state index contributed by atoms with van der Waals surface area (Å²) in [6, 6.07) is 0. The van der Waals surface area contributed by atoms with Crippen molar-refractivity contribution < 1.29 is 10.2 Å². The maximum Gasteiger partial charge on any atom is 0.147 e. The highest BCUT2D eigenvalue weighted by molar-refractivity contribution is 5.02. The molecule has 0 aromatic rings. The molecule has 2 fully saturated rings. The van der Waals surface area contributed by atoms with Gasteiger partial charge in [0, 0.05) is 13.1 Å². The van der Waals surface area contributed by atoms with E-state index in [-0.39, 0.29) is 0 Å². The predicted molar refractivity (Wildman–Crippen MR) is 54.8 cm³/mol. The zero-order valence-electron chi connectivity index (χ0n) is 9.00. The third-order valence-electron chi connectivity index (χ3n) is 3.93. The molecule has 1 aliphatic carbocycles. The SMILES string of the molecule is CC1(O)CCCC1(O)N1CCCCC1. The molecule has 3 nitrogen and oxygen atoms in total. The van der Waals surface area contributed by atoms with Crippen molar-refractivity contribution in [3.05, 3.63) is 0 Å². The van der Waals surface area contributed by atoms with Crippen LogP contribution in [0.4, 0.5) is 0 Å². The first kappa shape index (κ1) is 10.4. The highest BCUT2D eigenvalue weighted by Crippen LogP contribution is 2.42. The normalized spacial score (nSPS) is 45.6. The molecule has 82 valence electrons. The van der Waals surface area contributed by atoms with Gasteiger partial charge in [0.25, 0.3) is 0 Å². The Balaban J connectivity index is 2.13. The average molecular weight is 199 g/mol. The van der Waals surface area contributed by atoms with Crippen LogP contribution >= 0.6 is 0 Å². The van der Waals surface area contributed by atoms with Gasteiger partial charge in [0.15, 0.2) is 0 Å². The van der Waals surface area contributed by atoms with Crippen LogP contribution in [0.5, 0.6) is 0 Å². The molecule has 0 aromatic carbocycles. The number of aliphatic hydroxyl groups is 2. The molecule has 2 unspecified atom stereocenters. The van der Waals surface area contributed by atoms with Crippen LogP contribution in [0.25, 0.3) is 0 Å². The fourth-order valence-electron chi connectivity index (χ4n) is 2.91. The van der Waals surface area contributed by atoms with Gasteiger partial charge in [0.1, 0.15) is 11.3 Å². The number of likely N-dealkylation sites (tertiary alicyclic amines) is 1. The summed E-state index contributed by atoms with van der Waals surface area (Å²) in [5, 5.41) is 20.7. The van der Waals surface area contributed by atoms with Crippen LogP contribution in [0.1, 0.15) is 45.4 Å². The van der Waals surface area contributed by atoms with E-state index in [4.69, 9.17) is 0 Å². The molecule has 0 spiro atoms. The van der Waals surface area contributed by atoms with Gasteiger partial charge in [-0.25, -0.2) is 0 Å².